The van der Waals surface area contributed by atoms with E-state index in [0.717, 1.165) is 4.42 Å². The summed E-state index contributed by atoms with van der Waals surface area (Å²) in [5.41, 5.74) is -1.29. The van der Waals surface area contributed by atoms with E-state index in [4.69, 9.17) is 35.2 Å². The van der Waals surface area contributed by atoms with Crippen molar-refractivity contribution in [2.75, 3.05) is 0 Å². The van der Waals surface area contributed by atoms with Crippen molar-refractivity contribution < 1.29 is 9.59 Å². The summed E-state index contributed by atoms with van der Waals surface area (Å²) >= 11 is 18.3. The number of carbonyl (C=O) groups excluding carboxylic acids is 2. The van der Waals surface area contributed by atoms with Crippen molar-refractivity contribution in [3.8, 4) is 0 Å². The molecule has 2 heterocycles. The SMILES string of the molecule is C[C@@]1(c2ccc(Cl)s2)C(=O)N(Cl)C(=O)N1Cl. The molecule has 0 saturated carbocycles. The third kappa shape index (κ3) is 1.43. The highest BCUT2D eigenvalue weighted by atomic mass is 35.5. The van der Waals surface area contributed by atoms with Gasteiger partial charge in [-0.25, -0.2) is 9.21 Å². The minimum absolute atomic E-state index is 0.473. The molecule has 8 heteroatoms. The molecule has 1 saturated heterocycles. The molecule has 16 heavy (non-hydrogen) atoms. The Morgan fingerprint density at radius 1 is 1.31 bits per heavy atom. The maximum absolute atomic E-state index is 11.9. The number of hydrogen-bond donors (Lipinski definition) is 0. The van der Waals surface area contributed by atoms with E-state index >= 15 is 0 Å². The van der Waals surface area contributed by atoms with Crippen molar-refractivity contribution >= 4 is 58.4 Å². The molecule has 3 amide bonds. The van der Waals surface area contributed by atoms with Crippen molar-refractivity contribution in [1.82, 2.24) is 8.84 Å². The third-order valence-corrected chi connectivity index (χ3v) is 4.60. The second kappa shape index (κ2) is 3.77. The highest BCUT2D eigenvalue weighted by molar-refractivity contribution is 7.16. The van der Waals surface area contributed by atoms with Crippen LogP contribution in [0.5, 0.6) is 0 Å². The van der Waals surface area contributed by atoms with Gasteiger partial charge in [-0.15, -0.1) is 11.3 Å². The van der Waals surface area contributed by atoms with Crippen LogP contribution in [0.1, 0.15) is 11.8 Å². The minimum Gasteiger partial charge on any atom is -0.270 e. The molecule has 1 atom stereocenters. The van der Waals surface area contributed by atoms with Gasteiger partial charge >= 0.3 is 6.03 Å². The Bertz CT molecular complexity index is 478. The van der Waals surface area contributed by atoms with E-state index in [-0.39, 0.29) is 0 Å². The van der Waals surface area contributed by atoms with Gasteiger partial charge < -0.3 is 0 Å². The van der Waals surface area contributed by atoms with E-state index in [1.165, 1.54) is 18.3 Å². The second-order valence-corrected chi connectivity index (χ2v) is 5.72. The van der Waals surface area contributed by atoms with Crippen LogP contribution in [0.3, 0.4) is 0 Å². The predicted molar refractivity (Wildman–Crippen MR) is 62.5 cm³/mol. The summed E-state index contributed by atoms with van der Waals surface area (Å²) in [6.07, 6.45) is 0. The van der Waals surface area contributed by atoms with Crippen LogP contribution < -0.4 is 0 Å². The first-order valence-corrected chi connectivity index (χ1v) is 6.02. The second-order valence-electron chi connectivity index (χ2n) is 3.33. The summed E-state index contributed by atoms with van der Waals surface area (Å²) in [6, 6.07) is 2.51. The molecule has 86 valence electrons. The van der Waals surface area contributed by atoms with Crippen molar-refractivity contribution in [3.05, 3.63) is 21.3 Å². The van der Waals surface area contributed by atoms with E-state index in [9.17, 15) is 9.59 Å². The lowest BCUT2D eigenvalue weighted by Crippen LogP contribution is -2.38. The molecule has 1 aliphatic rings. The van der Waals surface area contributed by atoms with Crippen LogP contribution in [-0.2, 0) is 10.3 Å². The van der Waals surface area contributed by atoms with Gasteiger partial charge in [0.25, 0.3) is 5.91 Å². The van der Waals surface area contributed by atoms with Gasteiger partial charge in [-0.1, -0.05) is 11.6 Å². The van der Waals surface area contributed by atoms with Gasteiger partial charge in [-0.3, -0.25) is 4.79 Å². The van der Waals surface area contributed by atoms with E-state index in [2.05, 4.69) is 0 Å². The Hall–Kier alpha value is -0.490. The van der Waals surface area contributed by atoms with Gasteiger partial charge in [-0.2, -0.15) is 4.42 Å². The Balaban J connectivity index is 2.53. The molecular weight excluding hydrogens is 295 g/mol. The average Bonchev–Trinajstić information content (AvgIpc) is 2.75. The minimum atomic E-state index is -1.29. The predicted octanol–water partition coefficient (Wildman–Crippen LogP) is 3.19. The molecule has 0 aliphatic carbocycles. The lowest BCUT2D eigenvalue weighted by atomic mass is 10.0. The summed E-state index contributed by atoms with van der Waals surface area (Å²) in [7, 11) is 0. The quantitative estimate of drug-likeness (QED) is 0.590. The van der Waals surface area contributed by atoms with Crippen molar-refractivity contribution in [2.45, 2.75) is 12.5 Å². The molecule has 0 unspecified atom stereocenters. The Morgan fingerprint density at radius 3 is 2.31 bits per heavy atom. The topological polar surface area (TPSA) is 40.6 Å². The van der Waals surface area contributed by atoms with Crippen LogP contribution in [0.2, 0.25) is 4.34 Å². The molecule has 0 N–H and O–H groups in total. The lowest BCUT2D eigenvalue weighted by Gasteiger charge is -2.23. The number of halogens is 3. The molecule has 4 nitrogen and oxygen atoms in total. The van der Waals surface area contributed by atoms with Crippen LogP contribution in [0.15, 0.2) is 12.1 Å². The number of amides is 3. The van der Waals surface area contributed by atoms with Gasteiger partial charge in [0.1, 0.15) is 0 Å². The first-order chi connectivity index (χ1) is 7.39. The molecule has 1 aromatic heterocycles. The Labute approximate surface area is 111 Å². The lowest BCUT2D eigenvalue weighted by molar-refractivity contribution is -0.128. The highest BCUT2D eigenvalue weighted by Crippen LogP contribution is 2.43. The zero-order chi connectivity index (χ0) is 12.1. The highest BCUT2D eigenvalue weighted by Gasteiger charge is 2.56. The first kappa shape index (κ1) is 12.0. The maximum Gasteiger partial charge on any atom is 0.357 e. The largest absolute Gasteiger partial charge is 0.357 e. The Morgan fingerprint density at radius 2 is 1.94 bits per heavy atom. The van der Waals surface area contributed by atoms with Gasteiger partial charge in [0, 0.05) is 28.4 Å². The van der Waals surface area contributed by atoms with Crippen LogP contribution >= 0.6 is 46.5 Å². The van der Waals surface area contributed by atoms with Crippen molar-refractivity contribution in [2.24, 2.45) is 0 Å². The molecule has 1 aliphatic heterocycles. The fourth-order valence-electron chi connectivity index (χ4n) is 1.41. The summed E-state index contributed by atoms with van der Waals surface area (Å²) < 4.78 is 1.76. The van der Waals surface area contributed by atoms with Crippen molar-refractivity contribution in [3.63, 3.8) is 0 Å². The fourth-order valence-corrected chi connectivity index (χ4v) is 3.15. The van der Waals surface area contributed by atoms with E-state index in [1.54, 1.807) is 12.1 Å². The number of carbonyl (C=O) groups is 2. The zero-order valence-electron chi connectivity index (χ0n) is 7.91. The van der Waals surface area contributed by atoms with Gasteiger partial charge in [0.2, 0.25) is 0 Å². The van der Waals surface area contributed by atoms with E-state index in [1.807, 2.05) is 0 Å². The fraction of sp³-hybridized carbons (Fsp3) is 0.250. The zero-order valence-corrected chi connectivity index (χ0v) is 11.0. The van der Waals surface area contributed by atoms with Crippen LogP contribution in [0.4, 0.5) is 4.79 Å². The molecule has 0 bridgehead atoms. The summed E-state index contributed by atoms with van der Waals surface area (Å²) in [4.78, 5) is 23.9. The molecule has 2 rings (SSSR count). The number of rotatable bonds is 1. The average molecular weight is 300 g/mol. The van der Waals surface area contributed by atoms with Crippen LogP contribution in [0, 0.1) is 0 Å². The summed E-state index contributed by atoms with van der Waals surface area (Å²) in [5.74, 6) is -0.590. The molecular formula is C8H5Cl3N2O2S. The monoisotopic (exact) mass is 298 g/mol. The number of imide groups is 1. The molecule has 0 aromatic carbocycles. The van der Waals surface area contributed by atoms with Crippen molar-refractivity contribution in [1.29, 1.82) is 0 Å². The summed E-state index contributed by atoms with van der Waals surface area (Å²) in [5, 5.41) is 0. The van der Waals surface area contributed by atoms with Gasteiger partial charge in [0.15, 0.2) is 5.54 Å². The Kier molecular flexibility index (Phi) is 2.82. The third-order valence-electron chi connectivity index (χ3n) is 2.38. The number of thiophene rings is 1. The standard InChI is InChI=1S/C8H5Cl3N2O2S/c1-8(4-2-3-5(9)16-4)6(14)12(10)7(15)13(8)11/h2-3H,1H3/t8-/m1/s1. The molecule has 0 spiro atoms. The van der Waals surface area contributed by atoms with Crippen LogP contribution in [-0.4, -0.2) is 20.8 Å². The van der Waals surface area contributed by atoms with Crippen LogP contribution in [0.25, 0.3) is 0 Å². The van der Waals surface area contributed by atoms with Gasteiger partial charge in [0.05, 0.1) is 4.34 Å². The van der Waals surface area contributed by atoms with E-state index in [0.29, 0.717) is 13.6 Å². The number of hydrogen-bond acceptors (Lipinski definition) is 3. The first-order valence-electron chi connectivity index (χ1n) is 4.15. The molecule has 1 fully saturated rings. The number of urea groups is 1. The maximum atomic E-state index is 11.9. The molecule has 0 radical (unpaired) electrons. The van der Waals surface area contributed by atoms with Gasteiger partial charge in [-0.05, 0) is 19.1 Å². The summed E-state index contributed by atoms with van der Waals surface area (Å²) in [6.45, 7) is 1.52. The van der Waals surface area contributed by atoms with E-state index < -0.39 is 17.5 Å². The smallest absolute Gasteiger partial charge is 0.270 e. The normalized spacial score (nSPS) is 25.8. The number of nitrogens with zero attached hydrogens (tertiary/aromatic N) is 2. The molecule has 1 aromatic rings.